The average Bonchev–Trinajstić information content (AvgIpc) is 2.39. The number of nitrogens with two attached hydrogens (primary N) is 2. The molecule has 2 heteroatoms. The van der Waals surface area contributed by atoms with Crippen LogP contribution < -0.4 is 11.5 Å². The Balaban J connectivity index is 2.11. The molecule has 2 unspecified atom stereocenters. The molecule has 0 aromatic rings. The van der Waals surface area contributed by atoms with Crippen molar-refractivity contribution in [2.24, 2.45) is 11.5 Å². The minimum atomic E-state index is -0.0161. The van der Waals surface area contributed by atoms with Gasteiger partial charge in [-0.3, -0.25) is 0 Å². The van der Waals surface area contributed by atoms with Gasteiger partial charge in [0.1, 0.15) is 0 Å². The van der Waals surface area contributed by atoms with Crippen LogP contribution in [0.1, 0.15) is 32.1 Å². The number of fused-ring (bicyclic) bond motifs is 1. The lowest BCUT2D eigenvalue weighted by atomic mass is 9.97. The number of hydrogen-bond donors (Lipinski definition) is 2. The Morgan fingerprint density at radius 3 is 1.82 bits per heavy atom. The summed E-state index contributed by atoms with van der Waals surface area (Å²) >= 11 is 0. The van der Waals surface area contributed by atoms with Crippen molar-refractivity contribution in [2.45, 2.75) is 43.2 Å². The van der Waals surface area contributed by atoms with Gasteiger partial charge in [-0.25, -0.2) is 0 Å². The Labute approximate surface area is 67.6 Å². The fourth-order valence-corrected chi connectivity index (χ4v) is 2.11. The summed E-state index contributed by atoms with van der Waals surface area (Å²) in [6.07, 6.45) is 9.84. The molecule has 2 aliphatic carbocycles. The van der Waals surface area contributed by atoms with E-state index in [4.69, 9.17) is 11.5 Å². The summed E-state index contributed by atoms with van der Waals surface area (Å²) in [6, 6.07) is 0. The zero-order valence-electron chi connectivity index (χ0n) is 6.84. The summed E-state index contributed by atoms with van der Waals surface area (Å²) in [6.45, 7) is 0. The van der Waals surface area contributed by atoms with Crippen LogP contribution in [0.15, 0.2) is 12.2 Å². The van der Waals surface area contributed by atoms with Crippen LogP contribution >= 0.6 is 0 Å². The molecule has 2 rings (SSSR count). The summed E-state index contributed by atoms with van der Waals surface area (Å²) in [5, 5.41) is 0. The minimum Gasteiger partial charge on any atom is -0.323 e. The lowest BCUT2D eigenvalue weighted by Crippen LogP contribution is -2.41. The molecular weight excluding hydrogens is 136 g/mol. The molecule has 0 aliphatic heterocycles. The standard InChI is InChI=1S/C9H16N2/c10-8-5-3-1-2-4-6-9(8,11)7-8/h1-2H,3-7,10-11H2/b2-1-. The summed E-state index contributed by atoms with van der Waals surface area (Å²) in [4.78, 5) is 0. The van der Waals surface area contributed by atoms with E-state index >= 15 is 0 Å². The molecule has 62 valence electrons. The fraction of sp³-hybridized carbons (Fsp3) is 0.778. The Bertz CT molecular complexity index is 180. The second kappa shape index (κ2) is 2.08. The minimum absolute atomic E-state index is 0.0161. The van der Waals surface area contributed by atoms with E-state index in [9.17, 15) is 0 Å². The molecule has 1 fully saturated rings. The molecular formula is C9H16N2. The van der Waals surface area contributed by atoms with Gasteiger partial charge in [-0.05, 0) is 32.1 Å². The third-order valence-electron chi connectivity index (χ3n) is 3.18. The van der Waals surface area contributed by atoms with E-state index in [-0.39, 0.29) is 11.1 Å². The van der Waals surface area contributed by atoms with Gasteiger partial charge in [0.05, 0.1) is 0 Å². The average molecular weight is 152 g/mol. The molecule has 2 nitrogen and oxygen atoms in total. The highest BCUT2D eigenvalue weighted by Gasteiger charge is 2.61. The maximum atomic E-state index is 6.10. The predicted molar refractivity (Wildman–Crippen MR) is 46.1 cm³/mol. The van der Waals surface area contributed by atoms with Crippen LogP contribution in [0.25, 0.3) is 0 Å². The Kier molecular flexibility index (Phi) is 1.38. The van der Waals surface area contributed by atoms with Gasteiger partial charge in [0.2, 0.25) is 0 Å². The van der Waals surface area contributed by atoms with E-state index in [1.54, 1.807) is 0 Å². The van der Waals surface area contributed by atoms with Crippen LogP contribution in [0.5, 0.6) is 0 Å². The van der Waals surface area contributed by atoms with Gasteiger partial charge in [0, 0.05) is 11.1 Å². The zero-order chi connectivity index (χ0) is 7.95. The van der Waals surface area contributed by atoms with Gasteiger partial charge in [0.25, 0.3) is 0 Å². The summed E-state index contributed by atoms with van der Waals surface area (Å²) < 4.78 is 0. The van der Waals surface area contributed by atoms with E-state index in [0.717, 1.165) is 32.1 Å². The van der Waals surface area contributed by atoms with Crippen molar-refractivity contribution in [1.82, 2.24) is 0 Å². The van der Waals surface area contributed by atoms with Crippen molar-refractivity contribution in [3.63, 3.8) is 0 Å². The third-order valence-corrected chi connectivity index (χ3v) is 3.18. The highest BCUT2D eigenvalue weighted by Crippen LogP contribution is 2.50. The number of rotatable bonds is 0. The second-order valence-corrected chi connectivity index (χ2v) is 4.04. The number of hydrogen-bond acceptors (Lipinski definition) is 2. The molecule has 0 aromatic heterocycles. The quantitative estimate of drug-likeness (QED) is 0.507. The highest BCUT2D eigenvalue weighted by molar-refractivity contribution is 5.26. The second-order valence-electron chi connectivity index (χ2n) is 4.04. The van der Waals surface area contributed by atoms with Gasteiger partial charge in [-0.15, -0.1) is 0 Å². The third kappa shape index (κ3) is 1.01. The van der Waals surface area contributed by atoms with Crippen molar-refractivity contribution in [3.8, 4) is 0 Å². The molecule has 0 amide bonds. The molecule has 0 heterocycles. The van der Waals surface area contributed by atoms with Gasteiger partial charge < -0.3 is 11.5 Å². The van der Waals surface area contributed by atoms with Crippen LogP contribution in [-0.2, 0) is 0 Å². The SMILES string of the molecule is NC12CC/C=C\CCC1(N)C2. The molecule has 1 saturated carbocycles. The van der Waals surface area contributed by atoms with Gasteiger partial charge >= 0.3 is 0 Å². The molecule has 4 N–H and O–H groups in total. The lowest BCUT2D eigenvalue weighted by molar-refractivity contribution is 0.468. The predicted octanol–water partition coefficient (Wildman–Crippen LogP) is 0.915. The van der Waals surface area contributed by atoms with Gasteiger partial charge in [-0.1, -0.05) is 12.2 Å². The maximum absolute atomic E-state index is 6.10. The molecule has 2 aliphatic rings. The van der Waals surface area contributed by atoms with E-state index in [1.807, 2.05) is 0 Å². The van der Waals surface area contributed by atoms with Crippen LogP contribution in [0.3, 0.4) is 0 Å². The normalized spacial score (nSPS) is 52.2. The summed E-state index contributed by atoms with van der Waals surface area (Å²) in [7, 11) is 0. The van der Waals surface area contributed by atoms with E-state index in [0.29, 0.717) is 0 Å². The summed E-state index contributed by atoms with van der Waals surface area (Å²) in [5.74, 6) is 0. The van der Waals surface area contributed by atoms with Crippen LogP contribution in [0.4, 0.5) is 0 Å². The fourth-order valence-electron chi connectivity index (χ4n) is 2.11. The van der Waals surface area contributed by atoms with E-state index in [2.05, 4.69) is 12.2 Å². The van der Waals surface area contributed by atoms with Gasteiger partial charge in [0.15, 0.2) is 0 Å². The lowest BCUT2D eigenvalue weighted by Gasteiger charge is -2.19. The topological polar surface area (TPSA) is 52.0 Å². The van der Waals surface area contributed by atoms with Crippen LogP contribution in [0.2, 0.25) is 0 Å². The van der Waals surface area contributed by atoms with E-state index in [1.165, 1.54) is 0 Å². The largest absolute Gasteiger partial charge is 0.323 e. The maximum Gasteiger partial charge on any atom is 0.0358 e. The van der Waals surface area contributed by atoms with Crippen molar-refractivity contribution in [1.29, 1.82) is 0 Å². The molecule has 0 spiro atoms. The summed E-state index contributed by atoms with van der Waals surface area (Å²) in [5.41, 5.74) is 12.2. The molecule has 2 atom stereocenters. The first kappa shape index (κ1) is 7.32. The molecule has 0 radical (unpaired) electrons. The smallest absolute Gasteiger partial charge is 0.0358 e. The molecule has 0 aromatic carbocycles. The van der Waals surface area contributed by atoms with Crippen LogP contribution in [0, 0.1) is 0 Å². The first-order valence-corrected chi connectivity index (χ1v) is 4.39. The van der Waals surface area contributed by atoms with Crippen molar-refractivity contribution < 1.29 is 0 Å². The molecule has 11 heavy (non-hydrogen) atoms. The Hall–Kier alpha value is -0.340. The number of allylic oxidation sites excluding steroid dienone is 2. The molecule has 0 saturated heterocycles. The molecule has 0 bridgehead atoms. The first-order chi connectivity index (χ1) is 5.16. The Morgan fingerprint density at radius 2 is 1.36 bits per heavy atom. The zero-order valence-corrected chi connectivity index (χ0v) is 6.84. The van der Waals surface area contributed by atoms with Crippen LogP contribution in [-0.4, -0.2) is 11.1 Å². The first-order valence-electron chi connectivity index (χ1n) is 4.39. The Morgan fingerprint density at radius 1 is 0.909 bits per heavy atom. The van der Waals surface area contributed by atoms with Gasteiger partial charge in [-0.2, -0.15) is 0 Å². The van der Waals surface area contributed by atoms with E-state index < -0.39 is 0 Å². The van der Waals surface area contributed by atoms with Crippen molar-refractivity contribution in [2.75, 3.05) is 0 Å². The monoisotopic (exact) mass is 152 g/mol. The highest BCUT2D eigenvalue weighted by atomic mass is 15.0. The van der Waals surface area contributed by atoms with Crippen molar-refractivity contribution >= 4 is 0 Å². The van der Waals surface area contributed by atoms with Crippen molar-refractivity contribution in [3.05, 3.63) is 12.2 Å².